The second kappa shape index (κ2) is 6.49. The molecule has 0 aliphatic rings. The molecule has 2 aromatic carbocycles. The second-order valence-electron chi connectivity index (χ2n) is 7.48. The lowest BCUT2D eigenvalue weighted by Gasteiger charge is -2.14. The molecule has 0 radical (unpaired) electrons. The van der Waals surface area contributed by atoms with E-state index in [-0.39, 0.29) is 6.04 Å². The van der Waals surface area contributed by atoms with Crippen LogP contribution in [0, 0.1) is 0 Å². The van der Waals surface area contributed by atoms with Crippen LogP contribution in [0.4, 0.5) is 0 Å². The number of pyridine rings is 2. The van der Waals surface area contributed by atoms with Crippen LogP contribution >= 0.6 is 0 Å². The summed E-state index contributed by atoms with van der Waals surface area (Å²) in [6, 6.07) is 20.9. The molecule has 0 unspecified atom stereocenters. The van der Waals surface area contributed by atoms with E-state index in [9.17, 15) is 0 Å². The standard InChI is InChI=1S/C24H18N6/c1-15(16-5-3-2-4-6-16)30-23-20-12-17(7-8-21(20)26-14-22(23)28-29-30)19-11-18-9-10-25-24(18)27-13-19/h2-15H,1H3,(H,25,27)/t15-/m1/s1. The molecule has 144 valence electrons. The maximum Gasteiger partial charge on any atom is 0.137 e. The lowest BCUT2D eigenvalue weighted by Crippen LogP contribution is -2.08. The number of hydrogen-bond donors (Lipinski definition) is 1. The minimum Gasteiger partial charge on any atom is -0.346 e. The molecule has 6 heteroatoms. The van der Waals surface area contributed by atoms with Gasteiger partial charge in [-0.25, -0.2) is 9.67 Å². The molecule has 0 bridgehead atoms. The molecule has 0 saturated carbocycles. The first-order chi connectivity index (χ1) is 14.8. The highest BCUT2D eigenvalue weighted by Crippen LogP contribution is 2.31. The summed E-state index contributed by atoms with van der Waals surface area (Å²) in [5.41, 5.74) is 6.94. The van der Waals surface area contributed by atoms with Gasteiger partial charge in [-0.3, -0.25) is 4.98 Å². The van der Waals surface area contributed by atoms with Crippen molar-refractivity contribution in [2.75, 3.05) is 0 Å². The third-order valence-electron chi connectivity index (χ3n) is 5.68. The molecule has 1 atom stereocenters. The first kappa shape index (κ1) is 16.9. The average molecular weight is 390 g/mol. The number of H-pyrrole nitrogens is 1. The van der Waals surface area contributed by atoms with E-state index in [0.717, 1.165) is 44.1 Å². The molecular formula is C24H18N6. The van der Waals surface area contributed by atoms with Gasteiger partial charge in [0.2, 0.25) is 0 Å². The summed E-state index contributed by atoms with van der Waals surface area (Å²) in [6.45, 7) is 2.14. The van der Waals surface area contributed by atoms with E-state index >= 15 is 0 Å². The molecule has 6 aromatic rings. The van der Waals surface area contributed by atoms with Crippen LogP contribution < -0.4 is 0 Å². The van der Waals surface area contributed by atoms with Gasteiger partial charge in [-0.15, -0.1) is 5.10 Å². The molecule has 4 aromatic heterocycles. The van der Waals surface area contributed by atoms with Gasteiger partial charge < -0.3 is 4.98 Å². The van der Waals surface area contributed by atoms with Crippen molar-refractivity contribution in [1.82, 2.24) is 29.9 Å². The van der Waals surface area contributed by atoms with Crippen molar-refractivity contribution < 1.29 is 0 Å². The summed E-state index contributed by atoms with van der Waals surface area (Å²) in [5.74, 6) is 0. The number of nitrogens with one attached hydrogen (secondary N) is 1. The number of fused-ring (bicyclic) bond motifs is 4. The Bertz CT molecular complexity index is 1510. The van der Waals surface area contributed by atoms with Gasteiger partial charge in [-0.05, 0) is 42.3 Å². The number of rotatable bonds is 3. The van der Waals surface area contributed by atoms with Crippen molar-refractivity contribution in [3.63, 3.8) is 0 Å². The van der Waals surface area contributed by atoms with Crippen LogP contribution in [0.3, 0.4) is 0 Å². The predicted molar refractivity (Wildman–Crippen MR) is 118 cm³/mol. The van der Waals surface area contributed by atoms with Crippen molar-refractivity contribution in [2.45, 2.75) is 13.0 Å². The quantitative estimate of drug-likeness (QED) is 0.455. The smallest absolute Gasteiger partial charge is 0.137 e. The highest BCUT2D eigenvalue weighted by Gasteiger charge is 2.16. The minimum atomic E-state index is 0.0586. The summed E-state index contributed by atoms with van der Waals surface area (Å²) in [6.07, 6.45) is 5.60. The highest BCUT2D eigenvalue weighted by atomic mass is 15.4. The number of aromatic amines is 1. The molecule has 0 fully saturated rings. The van der Waals surface area contributed by atoms with E-state index in [4.69, 9.17) is 0 Å². The summed E-state index contributed by atoms with van der Waals surface area (Å²) in [4.78, 5) is 12.3. The van der Waals surface area contributed by atoms with Crippen LogP contribution in [0.2, 0.25) is 0 Å². The lowest BCUT2D eigenvalue weighted by molar-refractivity contribution is 0.561. The fourth-order valence-electron chi connectivity index (χ4n) is 4.04. The molecule has 0 aliphatic heterocycles. The Morgan fingerprint density at radius 3 is 2.67 bits per heavy atom. The molecule has 6 rings (SSSR count). The Balaban J connectivity index is 1.57. The van der Waals surface area contributed by atoms with Crippen LogP contribution in [0.1, 0.15) is 18.5 Å². The van der Waals surface area contributed by atoms with E-state index in [1.807, 2.05) is 41.3 Å². The maximum absolute atomic E-state index is 4.59. The zero-order valence-corrected chi connectivity index (χ0v) is 16.3. The monoisotopic (exact) mass is 390 g/mol. The van der Waals surface area contributed by atoms with Crippen molar-refractivity contribution >= 4 is 33.0 Å². The molecule has 30 heavy (non-hydrogen) atoms. The first-order valence-electron chi connectivity index (χ1n) is 9.90. The average Bonchev–Trinajstić information content (AvgIpc) is 3.45. The number of hydrogen-bond acceptors (Lipinski definition) is 4. The number of aromatic nitrogens is 6. The van der Waals surface area contributed by atoms with E-state index in [0.29, 0.717) is 0 Å². The Labute approximate surface area is 172 Å². The molecule has 0 aliphatic carbocycles. The Morgan fingerprint density at radius 2 is 1.77 bits per heavy atom. The minimum absolute atomic E-state index is 0.0586. The van der Waals surface area contributed by atoms with E-state index in [1.165, 1.54) is 5.56 Å². The number of nitrogens with zero attached hydrogens (tertiary/aromatic N) is 5. The van der Waals surface area contributed by atoms with Crippen LogP contribution in [0.5, 0.6) is 0 Å². The molecule has 0 saturated heterocycles. The zero-order chi connectivity index (χ0) is 20.1. The van der Waals surface area contributed by atoms with Gasteiger partial charge in [0, 0.05) is 28.7 Å². The normalized spacial score (nSPS) is 12.7. The Morgan fingerprint density at radius 1 is 0.867 bits per heavy atom. The predicted octanol–water partition coefficient (Wildman–Crippen LogP) is 5.13. The van der Waals surface area contributed by atoms with Gasteiger partial charge in [-0.2, -0.15) is 0 Å². The topological polar surface area (TPSA) is 72.3 Å². The molecule has 0 spiro atoms. The summed E-state index contributed by atoms with van der Waals surface area (Å²) < 4.78 is 1.99. The van der Waals surface area contributed by atoms with Crippen LogP contribution in [-0.2, 0) is 0 Å². The Hall–Kier alpha value is -4.06. The fraction of sp³-hybridized carbons (Fsp3) is 0.0833. The third-order valence-corrected chi connectivity index (χ3v) is 5.68. The van der Waals surface area contributed by atoms with Gasteiger partial charge in [-0.1, -0.05) is 41.6 Å². The highest BCUT2D eigenvalue weighted by molar-refractivity contribution is 6.03. The molecule has 6 nitrogen and oxygen atoms in total. The van der Waals surface area contributed by atoms with Gasteiger partial charge >= 0.3 is 0 Å². The van der Waals surface area contributed by atoms with Crippen LogP contribution in [0.25, 0.3) is 44.1 Å². The largest absolute Gasteiger partial charge is 0.346 e. The lowest BCUT2D eigenvalue weighted by atomic mass is 10.0. The summed E-state index contributed by atoms with van der Waals surface area (Å²) in [7, 11) is 0. The van der Waals surface area contributed by atoms with Gasteiger partial charge in [0.25, 0.3) is 0 Å². The SMILES string of the molecule is C[C@H](c1ccccc1)n1nnc2cnc3ccc(-c4cnc5[nH]ccc5c4)cc3c21. The summed E-state index contributed by atoms with van der Waals surface area (Å²) in [5, 5.41) is 11.0. The van der Waals surface area contributed by atoms with E-state index in [2.05, 4.69) is 68.6 Å². The second-order valence-corrected chi connectivity index (χ2v) is 7.48. The third kappa shape index (κ3) is 2.58. The number of benzene rings is 2. The van der Waals surface area contributed by atoms with Crippen molar-refractivity contribution in [3.8, 4) is 11.1 Å². The molecular weight excluding hydrogens is 372 g/mol. The Kier molecular flexibility index (Phi) is 3.64. The molecule has 1 N–H and O–H groups in total. The first-order valence-corrected chi connectivity index (χ1v) is 9.90. The van der Waals surface area contributed by atoms with Gasteiger partial charge in [0.15, 0.2) is 0 Å². The van der Waals surface area contributed by atoms with Gasteiger partial charge in [0.05, 0.1) is 17.8 Å². The molecule has 0 amide bonds. The van der Waals surface area contributed by atoms with E-state index < -0.39 is 0 Å². The van der Waals surface area contributed by atoms with Crippen LogP contribution in [0.15, 0.2) is 79.3 Å². The van der Waals surface area contributed by atoms with Crippen molar-refractivity contribution in [3.05, 3.63) is 84.8 Å². The maximum atomic E-state index is 4.59. The zero-order valence-electron chi connectivity index (χ0n) is 16.3. The van der Waals surface area contributed by atoms with E-state index in [1.54, 1.807) is 6.20 Å². The van der Waals surface area contributed by atoms with Gasteiger partial charge in [0.1, 0.15) is 16.7 Å². The fourth-order valence-corrected chi connectivity index (χ4v) is 4.04. The summed E-state index contributed by atoms with van der Waals surface area (Å²) >= 11 is 0. The molecule has 4 heterocycles. The van der Waals surface area contributed by atoms with Crippen LogP contribution in [-0.4, -0.2) is 29.9 Å². The van der Waals surface area contributed by atoms with Crippen molar-refractivity contribution in [2.24, 2.45) is 0 Å². The van der Waals surface area contributed by atoms with Crippen molar-refractivity contribution in [1.29, 1.82) is 0 Å².